The third-order valence-corrected chi connectivity index (χ3v) is 3.91. The summed E-state index contributed by atoms with van der Waals surface area (Å²) in [7, 11) is 3.46. The lowest BCUT2D eigenvalue weighted by atomic mass is 10.1. The van der Waals surface area contributed by atoms with Gasteiger partial charge in [-0.3, -0.25) is 9.98 Å². The molecule has 7 heteroatoms. The molecular formula is C20H29IN4O2. The summed E-state index contributed by atoms with van der Waals surface area (Å²) in [6.45, 7) is 4.20. The molecule has 27 heavy (non-hydrogen) atoms. The highest BCUT2D eigenvalue weighted by molar-refractivity contribution is 14.0. The second-order valence-electron chi connectivity index (χ2n) is 5.90. The molecule has 1 aromatic heterocycles. The van der Waals surface area contributed by atoms with Gasteiger partial charge in [0.15, 0.2) is 5.96 Å². The fourth-order valence-corrected chi connectivity index (χ4v) is 2.47. The Hall–Kier alpha value is -1.87. The molecule has 0 aliphatic rings. The van der Waals surface area contributed by atoms with E-state index < -0.39 is 0 Å². The number of ether oxygens (including phenoxy) is 2. The highest BCUT2D eigenvalue weighted by atomic mass is 127. The van der Waals surface area contributed by atoms with Crippen LogP contribution in [0.5, 0.6) is 5.75 Å². The van der Waals surface area contributed by atoms with E-state index in [-0.39, 0.29) is 24.0 Å². The molecule has 148 valence electrons. The van der Waals surface area contributed by atoms with Crippen molar-refractivity contribution in [3.8, 4) is 5.75 Å². The first-order valence-corrected chi connectivity index (χ1v) is 8.82. The summed E-state index contributed by atoms with van der Waals surface area (Å²) in [5.41, 5.74) is 3.42. The lowest BCUT2D eigenvalue weighted by Crippen LogP contribution is -2.32. The number of halogens is 1. The van der Waals surface area contributed by atoms with Crippen LogP contribution in [-0.2, 0) is 11.2 Å². The van der Waals surface area contributed by atoms with E-state index in [1.54, 1.807) is 14.2 Å². The topological polar surface area (TPSA) is 67.8 Å². The van der Waals surface area contributed by atoms with E-state index >= 15 is 0 Å². The number of rotatable bonds is 9. The minimum absolute atomic E-state index is 0. The lowest BCUT2D eigenvalue weighted by Gasteiger charge is -2.13. The van der Waals surface area contributed by atoms with Crippen LogP contribution in [0.4, 0.5) is 5.69 Å². The van der Waals surface area contributed by atoms with Crippen molar-refractivity contribution in [1.82, 2.24) is 10.3 Å². The van der Waals surface area contributed by atoms with Gasteiger partial charge in [-0.1, -0.05) is 6.07 Å². The standard InChI is InChI=1S/C20H28N4O2.HI/c1-16-15-22-10-8-17(16)9-11-23-20(21-2)24-18-6-4-7-19(14-18)26-13-5-12-25-3;/h4,6-8,10,14-15H,5,9,11-13H2,1-3H3,(H2,21,23,24);1H. The van der Waals surface area contributed by atoms with Crippen molar-refractivity contribution in [3.05, 3.63) is 53.9 Å². The van der Waals surface area contributed by atoms with Crippen LogP contribution in [0, 0.1) is 6.92 Å². The van der Waals surface area contributed by atoms with Crippen molar-refractivity contribution >= 4 is 35.6 Å². The number of nitrogens with one attached hydrogen (secondary N) is 2. The van der Waals surface area contributed by atoms with E-state index in [1.165, 1.54) is 11.1 Å². The number of nitrogens with zero attached hydrogens (tertiary/aromatic N) is 2. The van der Waals surface area contributed by atoms with Gasteiger partial charge in [0, 0.05) is 57.9 Å². The molecule has 6 nitrogen and oxygen atoms in total. The van der Waals surface area contributed by atoms with Crippen LogP contribution < -0.4 is 15.4 Å². The number of benzene rings is 1. The van der Waals surface area contributed by atoms with Crippen LogP contribution in [0.3, 0.4) is 0 Å². The average molecular weight is 484 g/mol. The second kappa shape index (κ2) is 13.3. The Kier molecular flexibility index (Phi) is 11.4. The number of guanidine groups is 1. The highest BCUT2D eigenvalue weighted by Crippen LogP contribution is 2.17. The zero-order valence-corrected chi connectivity index (χ0v) is 18.5. The van der Waals surface area contributed by atoms with Crippen LogP contribution in [0.15, 0.2) is 47.7 Å². The van der Waals surface area contributed by atoms with Gasteiger partial charge in [0.2, 0.25) is 0 Å². The molecule has 0 spiro atoms. The summed E-state index contributed by atoms with van der Waals surface area (Å²) in [5, 5.41) is 6.63. The summed E-state index contributed by atoms with van der Waals surface area (Å²) in [5.74, 6) is 1.56. The summed E-state index contributed by atoms with van der Waals surface area (Å²) in [6.07, 6.45) is 5.50. The molecule has 0 saturated carbocycles. The Bertz CT molecular complexity index is 710. The average Bonchev–Trinajstić information content (AvgIpc) is 2.66. The van der Waals surface area contributed by atoms with E-state index in [9.17, 15) is 0 Å². The minimum Gasteiger partial charge on any atom is -0.493 e. The third kappa shape index (κ3) is 8.57. The normalized spacial score (nSPS) is 10.9. The molecule has 0 atom stereocenters. The number of aryl methyl sites for hydroxylation is 1. The second-order valence-corrected chi connectivity index (χ2v) is 5.90. The van der Waals surface area contributed by atoms with E-state index in [2.05, 4.69) is 33.6 Å². The SMILES string of the molecule is CN=C(NCCc1ccncc1C)Nc1cccc(OCCCOC)c1.I. The number of hydrogen-bond donors (Lipinski definition) is 2. The molecule has 1 aromatic carbocycles. The first-order chi connectivity index (χ1) is 12.7. The summed E-state index contributed by atoms with van der Waals surface area (Å²) >= 11 is 0. The van der Waals surface area contributed by atoms with Gasteiger partial charge in [0.1, 0.15) is 5.75 Å². The van der Waals surface area contributed by atoms with Crippen molar-refractivity contribution < 1.29 is 9.47 Å². The van der Waals surface area contributed by atoms with Crippen LogP contribution >= 0.6 is 24.0 Å². The van der Waals surface area contributed by atoms with Gasteiger partial charge in [-0.25, -0.2) is 0 Å². The molecule has 0 aliphatic carbocycles. The molecule has 0 amide bonds. The predicted octanol–water partition coefficient (Wildman–Crippen LogP) is 3.65. The number of pyridine rings is 1. The number of aromatic nitrogens is 1. The van der Waals surface area contributed by atoms with Crippen LogP contribution in [0.2, 0.25) is 0 Å². The van der Waals surface area contributed by atoms with Crippen molar-refractivity contribution in [2.75, 3.05) is 39.2 Å². The summed E-state index contributed by atoms with van der Waals surface area (Å²) < 4.78 is 10.8. The molecule has 2 aromatic rings. The fraction of sp³-hybridized carbons (Fsp3) is 0.400. The quantitative estimate of drug-likeness (QED) is 0.246. The summed E-state index contributed by atoms with van der Waals surface area (Å²) in [4.78, 5) is 8.40. The van der Waals surface area contributed by atoms with Crippen molar-refractivity contribution in [1.29, 1.82) is 0 Å². The fourth-order valence-electron chi connectivity index (χ4n) is 2.47. The maximum atomic E-state index is 5.73. The molecule has 1 heterocycles. The molecule has 0 unspecified atom stereocenters. The van der Waals surface area contributed by atoms with Gasteiger partial charge in [-0.05, 0) is 42.7 Å². The smallest absolute Gasteiger partial charge is 0.195 e. The number of hydrogen-bond acceptors (Lipinski definition) is 4. The molecule has 2 N–H and O–H groups in total. The van der Waals surface area contributed by atoms with Gasteiger partial charge in [0.25, 0.3) is 0 Å². The number of anilines is 1. The molecule has 0 radical (unpaired) electrons. The molecule has 2 rings (SSSR count). The molecule has 0 fully saturated rings. The van der Waals surface area contributed by atoms with Crippen molar-refractivity contribution in [2.24, 2.45) is 4.99 Å². The zero-order valence-electron chi connectivity index (χ0n) is 16.2. The Labute approximate surface area is 178 Å². The largest absolute Gasteiger partial charge is 0.493 e. The van der Waals surface area contributed by atoms with Gasteiger partial charge in [-0.2, -0.15) is 0 Å². The minimum atomic E-state index is 0. The maximum Gasteiger partial charge on any atom is 0.195 e. The first-order valence-electron chi connectivity index (χ1n) is 8.82. The van der Waals surface area contributed by atoms with Crippen molar-refractivity contribution in [3.63, 3.8) is 0 Å². The van der Waals surface area contributed by atoms with E-state index in [0.29, 0.717) is 13.2 Å². The van der Waals surface area contributed by atoms with Crippen molar-refractivity contribution in [2.45, 2.75) is 19.8 Å². The van der Waals surface area contributed by atoms with E-state index in [1.807, 2.05) is 36.7 Å². The van der Waals surface area contributed by atoms with Gasteiger partial charge in [0.05, 0.1) is 6.61 Å². The number of aliphatic imine (C=N–C) groups is 1. The van der Waals surface area contributed by atoms with Gasteiger partial charge >= 0.3 is 0 Å². The maximum absolute atomic E-state index is 5.73. The van der Waals surface area contributed by atoms with E-state index in [4.69, 9.17) is 9.47 Å². The highest BCUT2D eigenvalue weighted by Gasteiger charge is 2.03. The summed E-state index contributed by atoms with van der Waals surface area (Å²) in [6, 6.07) is 9.91. The zero-order chi connectivity index (χ0) is 18.6. The Morgan fingerprint density at radius 3 is 2.81 bits per heavy atom. The first kappa shape index (κ1) is 23.2. The Morgan fingerprint density at radius 2 is 2.07 bits per heavy atom. The Balaban J connectivity index is 0.00000364. The lowest BCUT2D eigenvalue weighted by molar-refractivity contribution is 0.172. The van der Waals surface area contributed by atoms with Crippen LogP contribution in [0.1, 0.15) is 17.5 Å². The van der Waals surface area contributed by atoms with Crippen LogP contribution in [0.25, 0.3) is 0 Å². The monoisotopic (exact) mass is 484 g/mol. The van der Waals surface area contributed by atoms with Gasteiger partial charge < -0.3 is 20.1 Å². The number of methoxy groups -OCH3 is 1. The third-order valence-electron chi connectivity index (χ3n) is 3.91. The Morgan fingerprint density at radius 1 is 1.22 bits per heavy atom. The molecule has 0 saturated heterocycles. The van der Waals surface area contributed by atoms with Gasteiger partial charge in [-0.15, -0.1) is 24.0 Å². The molecule has 0 bridgehead atoms. The molecule has 0 aliphatic heterocycles. The molecular weight excluding hydrogens is 455 g/mol. The predicted molar refractivity (Wildman–Crippen MR) is 122 cm³/mol. The van der Waals surface area contributed by atoms with E-state index in [0.717, 1.165) is 36.8 Å². The van der Waals surface area contributed by atoms with Crippen LogP contribution in [-0.4, -0.2) is 44.9 Å².